The number of aromatic amines is 1. The maximum Gasteiger partial charge on any atom is 0.270 e. The smallest absolute Gasteiger partial charge is 0.270 e. The van der Waals surface area contributed by atoms with Gasteiger partial charge < -0.3 is 15.6 Å². The van der Waals surface area contributed by atoms with E-state index in [4.69, 9.17) is 5.73 Å². The molecular weight excluding hydrogens is 242 g/mol. The number of nitrogens with two attached hydrogens (primary N) is 1. The van der Waals surface area contributed by atoms with E-state index in [0.29, 0.717) is 12.2 Å². The summed E-state index contributed by atoms with van der Waals surface area (Å²) in [6, 6.07) is 3.70. The minimum atomic E-state index is -0.342. The summed E-state index contributed by atoms with van der Waals surface area (Å²) < 4.78 is 0. The normalized spacial score (nSPS) is 19.4. The molecule has 0 radical (unpaired) electrons. The number of primary amides is 1. The predicted octanol–water partition coefficient (Wildman–Crippen LogP) is 1.45. The highest BCUT2D eigenvalue weighted by molar-refractivity contribution is 5.93. The Bertz CT molecular complexity index is 467. The molecule has 0 aromatic carbocycles. The van der Waals surface area contributed by atoms with Crippen LogP contribution in [-0.2, 0) is 11.2 Å². The topological polar surface area (TPSA) is 79.2 Å². The molecule has 5 heteroatoms. The Labute approximate surface area is 113 Å². The quantitative estimate of drug-likeness (QED) is 0.862. The maximum absolute atomic E-state index is 12.5. The summed E-state index contributed by atoms with van der Waals surface area (Å²) in [5.41, 5.74) is 6.92. The van der Waals surface area contributed by atoms with Crippen molar-refractivity contribution in [2.24, 2.45) is 5.73 Å². The fourth-order valence-electron chi connectivity index (χ4n) is 2.64. The van der Waals surface area contributed by atoms with Crippen LogP contribution in [0.25, 0.3) is 0 Å². The minimum Gasteiger partial charge on any atom is -0.370 e. The summed E-state index contributed by atoms with van der Waals surface area (Å²) in [7, 11) is 0. The van der Waals surface area contributed by atoms with E-state index in [1.807, 2.05) is 19.1 Å². The Morgan fingerprint density at radius 3 is 2.84 bits per heavy atom. The molecule has 104 valence electrons. The maximum atomic E-state index is 12.5. The van der Waals surface area contributed by atoms with Crippen molar-refractivity contribution in [2.75, 3.05) is 6.54 Å². The molecule has 5 nitrogen and oxygen atoms in total. The van der Waals surface area contributed by atoms with E-state index >= 15 is 0 Å². The van der Waals surface area contributed by atoms with Gasteiger partial charge in [0.2, 0.25) is 5.91 Å². The van der Waals surface area contributed by atoms with Crippen LogP contribution < -0.4 is 5.73 Å². The zero-order valence-electron chi connectivity index (χ0n) is 11.3. The van der Waals surface area contributed by atoms with Crippen molar-refractivity contribution in [3.63, 3.8) is 0 Å². The van der Waals surface area contributed by atoms with E-state index in [2.05, 4.69) is 4.98 Å². The number of piperidine rings is 1. The standard InChI is InChI=1S/C14H21N3O2/c1-2-10-6-7-12(16-10)14(19)17-8-4-3-5-11(17)9-13(15)18/h6-7,11,16H,2-5,8-9H2,1H3,(H2,15,18). The number of aromatic nitrogens is 1. The van der Waals surface area contributed by atoms with Crippen molar-refractivity contribution in [2.45, 2.75) is 45.1 Å². The lowest BCUT2D eigenvalue weighted by molar-refractivity contribution is -0.119. The van der Waals surface area contributed by atoms with Gasteiger partial charge in [-0.3, -0.25) is 9.59 Å². The molecule has 1 aromatic heterocycles. The van der Waals surface area contributed by atoms with Crippen LogP contribution in [0.1, 0.15) is 48.8 Å². The first-order chi connectivity index (χ1) is 9.11. The second kappa shape index (κ2) is 5.91. The van der Waals surface area contributed by atoms with Crippen LogP contribution in [0, 0.1) is 0 Å². The molecule has 0 saturated carbocycles. The zero-order valence-corrected chi connectivity index (χ0v) is 11.3. The van der Waals surface area contributed by atoms with Crippen molar-refractivity contribution in [3.8, 4) is 0 Å². The zero-order chi connectivity index (χ0) is 13.8. The summed E-state index contributed by atoms with van der Waals surface area (Å²) in [5, 5.41) is 0. The van der Waals surface area contributed by atoms with Gasteiger partial charge in [0, 0.05) is 24.7 Å². The summed E-state index contributed by atoms with van der Waals surface area (Å²) in [4.78, 5) is 28.5. The van der Waals surface area contributed by atoms with Crippen molar-refractivity contribution in [3.05, 3.63) is 23.5 Å². The van der Waals surface area contributed by atoms with Crippen molar-refractivity contribution in [1.82, 2.24) is 9.88 Å². The van der Waals surface area contributed by atoms with Crippen LogP contribution in [0.4, 0.5) is 0 Å². The first kappa shape index (κ1) is 13.6. The van der Waals surface area contributed by atoms with Gasteiger partial charge in [0.05, 0.1) is 0 Å². The lowest BCUT2D eigenvalue weighted by Crippen LogP contribution is -2.45. The van der Waals surface area contributed by atoms with Crippen LogP contribution in [-0.4, -0.2) is 34.3 Å². The van der Waals surface area contributed by atoms with Crippen LogP contribution in [0.2, 0.25) is 0 Å². The summed E-state index contributed by atoms with van der Waals surface area (Å²) in [6.45, 7) is 2.74. The lowest BCUT2D eigenvalue weighted by atomic mass is 9.98. The molecule has 0 spiro atoms. The van der Waals surface area contributed by atoms with Crippen molar-refractivity contribution >= 4 is 11.8 Å². The second-order valence-electron chi connectivity index (χ2n) is 5.07. The number of hydrogen-bond donors (Lipinski definition) is 2. The van der Waals surface area contributed by atoms with Gasteiger partial charge in [-0.05, 0) is 37.8 Å². The Morgan fingerprint density at radius 2 is 2.21 bits per heavy atom. The molecule has 1 aliphatic rings. The van der Waals surface area contributed by atoms with Gasteiger partial charge in [0.25, 0.3) is 5.91 Å². The molecule has 2 amide bonds. The average Bonchev–Trinajstić information content (AvgIpc) is 2.86. The molecule has 1 unspecified atom stereocenters. The summed E-state index contributed by atoms with van der Waals surface area (Å²) in [6.07, 6.45) is 4.02. The Hall–Kier alpha value is -1.78. The number of hydrogen-bond acceptors (Lipinski definition) is 2. The number of nitrogens with zero attached hydrogens (tertiary/aromatic N) is 1. The molecule has 1 fully saturated rings. The van der Waals surface area contributed by atoms with Crippen molar-refractivity contribution in [1.29, 1.82) is 0 Å². The Balaban J connectivity index is 2.12. The number of amides is 2. The van der Waals surface area contributed by atoms with E-state index in [1.54, 1.807) is 4.90 Å². The van der Waals surface area contributed by atoms with Crippen LogP contribution >= 0.6 is 0 Å². The van der Waals surface area contributed by atoms with Crippen LogP contribution in [0.5, 0.6) is 0 Å². The molecule has 1 aromatic rings. The van der Waals surface area contributed by atoms with E-state index in [9.17, 15) is 9.59 Å². The number of aryl methyl sites for hydroxylation is 1. The van der Waals surface area contributed by atoms with Gasteiger partial charge in [-0.1, -0.05) is 6.92 Å². The number of carbonyl (C=O) groups excluding carboxylic acids is 2. The molecule has 1 saturated heterocycles. The highest BCUT2D eigenvalue weighted by Crippen LogP contribution is 2.21. The lowest BCUT2D eigenvalue weighted by Gasteiger charge is -2.35. The molecular formula is C14H21N3O2. The number of likely N-dealkylation sites (tertiary alicyclic amines) is 1. The number of H-pyrrole nitrogens is 1. The molecule has 3 N–H and O–H groups in total. The second-order valence-corrected chi connectivity index (χ2v) is 5.07. The molecule has 19 heavy (non-hydrogen) atoms. The Morgan fingerprint density at radius 1 is 1.42 bits per heavy atom. The minimum absolute atomic E-state index is 0.0225. The van der Waals surface area contributed by atoms with Gasteiger partial charge in [-0.15, -0.1) is 0 Å². The molecule has 0 bridgehead atoms. The molecule has 2 rings (SSSR count). The number of carbonyl (C=O) groups is 2. The monoisotopic (exact) mass is 263 g/mol. The summed E-state index contributed by atoms with van der Waals surface area (Å²) >= 11 is 0. The fourth-order valence-corrected chi connectivity index (χ4v) is 2.64. The van der Waals surface area contributed by atoms with Gasteiger partial charge in [0.1, 0.15) is 5.69 Å². The van der Waals surface area contributed by atoms with Gasteiger partial charge in [-0.25, -0.2) is 0 Å². The molecule has 2 heterocycles. The molecule has 0 aliphatic carbocycles. The predicted molar refractivity (Wildman–Crippen MR) is 72.7 cm³/mol. The first-order valence-electron chi connectivity index (χ1n) is 6.89. The third-order valence-corrected chi connectivity index (χ3v) is 3.68. The number of rotatable bonds is 4. The average molecular weight is 263 g/mol. The van der Waals surface area contributed by atoms with Gasteiger partial charge in [-0.2, -0.15) is 0 Å². The first-order valence-corrected chi connectivity index (χ1v) is 6.89. The Kier molecular flexibility index (Phi) is 4.24. The van der Waals surface area contributed by atoms with E-state index < -0.39 is 0 Å². The molecule has 1 aliphatic heterocycles. The highest BCUT2D eigenvalue weighted by Gasteiger charge is 2.29. The third kappa shape index (κ3) is 3.16. The van der Waals surface area contributed by atoms with E-state index in [1.165, 1.54) is 0 Å². The molecule has 1 atom stereocenters. The SMILES string of the molecule is CCc1ccc(C(=O)N2CCCCC2CC(N)=O)[nH]1. The van der Waals surface area contributed by atoms with Crippen molar-refractivity contribution < 1.29 is 9.59 Å². The van der Waals surface area contributed by atoms with Crippen LogP contribution in [0.3, 0.4) is 0 Å². The largest absolute Gasteiger partial charge is 0.370 e. The highest BCUT2D eigenvalue weighted by atomic mass is 16.2. The van der Waals surface area contributed by atoms with Gasteiger partial charge >= 0.3 is 0 Å². The van der Waals surface area contributed by atoms with E-state index in [-0.39, 0.29) is 24.3 Å². The van der Waals surface area contributed by atoms with E-state index in [0.717, 1.165) is 31.4 Å². The fraction of sp³-hybridized carbons (Fsp3) is 0.571. The van der Waals surface area contributed by atoms with Crippen LogP contribution in [0.15, 0.2) is 12.1 Å². The summed E-state index contributed by atoms with van der Waals surface area (Å²) in [5.74, 6) is -0.365. The van der Waals surface area contributed by atoms with Gasteiger partial charge in [0.15, 0.2) is 0 Å². The third-order valence-electron chi connectivity index (χ3n) is 3.68. The number of nitrogens with one attached hydrogen (secondary N) is 1.